The minimum atomic E-state index is -4.52. The number of hydrazone groups is 4. The van der Waals surface area contributed by atoms with Crippen LogP contribution in [-0.2, 0) is 55.1 Å². The van der Waals surface area contributed by atoms with Crippen LogP contribution in [0.2, 0.25) is 0 Å². The first-order valence-electron chi connectivity index (χ1n) is 21.4. The van der Waals surface area contributed by atoms with E-state index in [2.05, 4.69) is 30.4 Å². The molecule has 71 heavy (non-hydrogen) atoms. The van der Waals surface area contributed by atoms with Crippen molar-refractivity contribution in [3.8, 4) is 11.5 Å². The third kappa shape index (κ3) is 7.77. The van der Waals surface area contributed by atoms with Gasteiger partial charge < -0.3 is 0 Å². The second-order valence-electron chi connectivity index (χ2n) is 16.5. The van der Waals surface area contributed by atoms with Gasteiger partial charge in [-0.05, 0) is 0 Å². The Morgan fingerprint density at radius 1 is 0.577 bits per heavy atom. The molecule has 10 rings (SSSR count). The summed E-state index contributed by atoms with van der Waals surface area (Å²) in [5.74, 6) is -2.17. The first kappa shape index (κ1) is 46.9. The summed E-state index contributed by atoms with van der Waals surface area (Å²) in [7, 11) is -9.04. The summed E-state index contributed by atoms with van der Waals surface area (Å²) in [6.45, 7) is 5.78. The molecule has 0 saturated heterocycles. The molecule has 27 heteroatoms. The minimum Gasteiger partial charge on any atom is -0.258 e. The minimum absolute atomic E-state index is 0.0315. The van der Waals surface area contributed by atoms with E-state index in [1.165, 1.54) is 99.0 Å². The van der Waals surface area contributed by atoms with Crippen LogP contribution < -0.4 is 5.29 Å². The van der Waals surface area contributed by atoms with Gasteiger partial charge in [-0.1, -0.05) is 0 Å². The van der Waals surface area contributed by atoms with Gasteiger partial charge in [0, 0.05) is 24.3 Å². The van der Waals surface area contributed by atoms with Crippen LogP contribution in [0.1, 0.15) is 50.9 Å². The zero-order valence-corrected chi connectivity index (χ0v) is 44.6. The quantitative estimate of drug-likeness (QED) is 0.0795. The van der Waals surface area contributed by atoms with Crippen molar-refractivity contribution in [1.82, 2.24) is 28.8 Å². The maximum absolute atomic E-state index is 14.6. The van der Waals surface area contributed by atoms with Crippen molar-refractivity contribution in [3.05, 3.63) is 141 Å². The van der Waals surface area contributed by atoms with E-state index < -0.39 is 91.1 Å². The van der Waals surface area contributed by atoms with Gasteiger partial charge in [-0.25, -0.2) is 0 Å². The average Bonchev–Trinajstić information content (AvgIpc) is 4.12. The Morgan fingerprint density at radius 2 is 0.958 bits per heavy atom. The Morgan fingerprint density at radius 3 is 1.31 bits per heavy atom. The molecule has 0 bridgehead atoms. The number of fused-ring (bicyclic) bond motifs is 4. The SMILES string of the molecule is CC(=O)N1N=C2C(C(C)=NN2S(=O)(=O)c2ccc([O][Hg][O]c3ccc(S(=O)(=O)N4N=C(C)C5C4=NN(C(C)=O)C5c4ccc([N+](=O)[O-])cc4)c4cccnc34)c3ncccc23)C1c1ccc([N+](=O)[O-])cc1. The third-order valence-electron chi connectivity index (χ3n) is 12.3. The predicted octanol–water partition coefficient (Wildman–Crippen LogP) is 5.80. The number of rotatable bonds is 12. The number of carbonyl (C=O) groups excluding carboxylic acids is 2. The van der Waals surface area contributed by atoms with Crippen LogP contribution in [0.25, 0.3) is 21.8 Å². The standard InChI is InChI=1S/2C22H18N6O6S.Hg/c2*1-12-19-21(14-5-7-15(8-6-14)28(31)32)26(13(2)29)25-22(19)27(24-12)35(33,34)18-10-9-17(30)20-16(18)4-3-11-23-20;/h2*3-11,19,21,30H,1-2H3;/q;;+2/p-2. The number of nitro benzene ring substituents is 2. The molecule has 2 amide bonds. The molecule has 4 aliphatic heterocycles. The van der Waals surface area contributed by atoms with E-state index in [0.29, 0.717) is 22.6 Å². The molecule has 0 N–H and O–H groups in total. The van der Waals surface area contributed by atoms with Crippen LogP contribution in [0.3, 0.4) is 0 Å². The summed E-state index contributed by atoms with van der Waals surface area (Å²) in [6, 6.07) is 21.3. The monoisotopic (exact) mass is 1190 g/mol. The van der Waals surface area contributed by atoms with E-state index in [1.54, 1.807) is 38.1 Å². The van der Waals surface area contributed by atoms with Crippen LogP contribution in [0.4, 0.5) is 11.4 Å². The first-order valence-corrected chi connectivity index (χ1v) is 28.7. The number of sulfonamides is 2. The summed E-state index contributed by atoms with van der Waals surface area (Å²) in [4.78, 5) is 55.9. The molecule has 356 valence electrons. The fourth-order valence-corrected chi connectivity index (χ4v) is 15.1. The van der Waals surface area contributed by atoms with Gasteiger partial charge >= 0.3 is 352 Å². The smallest absolute Gasteiger partial charge is 0.258 e. The van der Waals surface area contributed by atoms with Crippen molar-refractivity contribution in [3.63, 3.8) is 0 Å². The molecule has 4 aliphatic rings. The molecule has 6 heterocycles. The van der Waals surface area contributed by atoms with Crippen LogP contribution in [0.15, 0.2) is 140 Å². The first-order chi connectivity index (χ1) is 33.9. The van der Waals surface area contributed by atoms with E-state index in [1.807, 2.05) is 0 Å². The average molecular weight is 1190 g/mol. The predicted molar refractivity (Wildman–Crippen MR) is 248 cm³/mol. The Hall–Kier alpha value is -7.84. The number of benzene rings is 4. The van der Waals surface area contributed by atoms with Crippen molar-refractivity contribution in [1.29, 1.82) is 0 Å². The molecule has 4 atom stereocenters. The second-order valence-corrected chi connectivity index (χ2v) is 23.1. The molecular weight excluding hydrogens is 1150 g/mol. The maximum atomic E-state index is 14.6. The number of carbonyl (C=O) groups is 2. The molecule has 2 aromatic heterocycles. The Labute approximate surface area is 415 Å². The number of hydrogen-bond acceptors (Lipinski definition) is 18. The summed E-state index contributed by atoms with van der Waals surface area (Å²) in [6.07, 6.45) is 2.93. The number of amides is 2. The number of aromatic nitrogens is 2. The topological polar surface area (TPSA) is 295 Å². The van der Waals surface area contributed by atoms with Crippen LogP contribution in [0.5, 0.6) is 11.5 Å². The van der Waals surface area contributed by atoms with E-state index in [0.717, 1.165) is 18.8 Å². The van der Waals surface area contributed by atoms with Crippen LogP contribution in [-0.4, -0.2) is 90.4 Å². The summed E-state index contributed by atoms with van der Waals surface area (Å²) in [5, 5.41) is 43.0. The summed E-state index contributed by atoms with van der Waals surface area (Å²) >= 11 is -3.00. The van der Waals surface area contributed by atoms with Crippen molar-refractivity contribution in [2.24, 2.45) is 32.2 Å². The number of amidine groups is 2. The molecule has 24 nitrogen and oxygen atoms in total. The molecule has 4 unspecified atom stereocenters. The van der Waals surface area contributed by atoms with Gasteiger partial charge in [0.2, 0.25) is 0 Å². The molecule has 0 aliphatic carbocycles. The molecule has 0 radical (unpaired) electrons. The number of nitro groups is 2. The Kier molecular flexibility index (Phi) is 11.6. The van der Waals surface area contributed by atoms with E-state index in [4.69, 9.17) is 5.29 Å². The fourth-order valence-electron chi connectivity index (χ4n) is 9.10. The molecule has 6 aromatic rings. The van der Waals surface area contributed by atoms with Crippen molar-refractivity contribution in [2.45, 2.75) is 49.6 Å². The van der Waals surface area contributed by atoms with Gasteiger partial charge in [0.1, 0.15) is 0 Å². The van der Waals surface area contributed by atoms with Crippen LogP contribution in [0, 0.1) is 32.1 Å². The van der Waals surface area contributed by atoms with E-state index in [-0.39, 0.29) is 66.1 Å². The van der Waals surface area contributed by atoms with Crippen LogP contribution >= 0.6 is 0 Å². The Bertz CT molecular complexity index is 3430. The number of hydrogen-bond donors (Lipinski definition) is 0. The third-order valence-corrected chi connectivity index (χ3v) is 18.9. The van der Waals surface area contributed by atoms with Crippen molar-refractivity contribution in [2.75, 3.05) is 0 Å². The van der Waals surface area contributed by atoms with Gasteiger partial charge in [-0.3, -0.25) is 20.2 Å². The van der Waals surface area contributed by atoms with Gasteiger partial charge in [0.05, 0.1) is 9.85 Å². The zero-order valence-electron chi connectivity index (χ0n) is 37.5. The normalized spacial score (nSPS) is 19.4. The summed E-state index contributed by atoms with van der Waals surface area (Å²) < 4.78 is 72.4. The second kappa shape index (κ2) is 17.5. The van der Waals surface area contributed by atoms with E-state index in [9.17, 15) is 46.7 Å². The van der Waals surface area contributed by atoms with Crippen molar-refractivity contribution >= 4 is 88.1 Å². The molecule has 4 aromatic carbocycles. The molecule has 0 spiro atoms. The van der Waals surface area contributed by atoms with Gasteiger partial charge in [-0.2, -0.15) is 0 Å². The number of non-ortho nitro benzene ring substituents is 2. The fraction of sp³-hybridized carbons (Fsp3) is 0.182. The van der Waals surface area contributed by atoms with Crippen molar-refractivity contribution < 1.29 is 67.0 Å². The van der Waals surface area contributed by atoms with Gasteiger partial charge in [0.25, 0.3) is 11.4 Å². The number of pyridine rings is 2. The molecule has 0 fully saturated rings. The molecular formula is C44H34HgN12O12S2. The zero-order chi connectivity index (χ0) is 50.3. The van der Waals surface area contributed by atoms with E-state index >= 15 is 0 Å². The molecule has 0 saturated carbocycles. The summed E-state index contributed by atoms with van der Waals surface area (Å²) in [5.41, 5.74) is 1.72. The number of nitrogens with zero attached hydrogens (tertiary/aromatic N) is 12. The Balaban J connectivity index is 0.896. The van der Waals surface area contributed by atoms with Gasteiger partial charge in [-0.15, -0.1) is 0 Å². The van der Waals surface area contributed by atoms with Gasteiger partial charge in [0.15, 0.2) is 0 Å².